The van der Waals surface area contributed by atoms with Crippen LogP contribution in [-0.2, 0) is 17.7 Å². The molecule has 5 heteroatoms. The van der Waals surface area contributed by atoms with Crippen LogP contribution in [0.15, 0.2) is 29.3 Å². The lowest BCUT2D eigenvalue weighted by atomic mass is 10.0. The number of ether oxygens (including phenoxy) is 1. The van der Waals surface area contributed by atoms with E-state index < -0.39 is 0 Å². The number of aryl methyl sites for hydroxylation is 1. The van der Waals surface area contributed by atoms with Crippen LogP contribution < -0.4 is 11.3 Å². The molecule has 0 aliphatic carbocycles. The molecule has 0 saturated carbocycles. The first-order valence-electron chi connectivity index (χ1n) is 7.17. The van der Waals surface area contributed by atoms with Crippen molar-refractivity contribution in [2.45, 2.75) is 25.8 Å². The lowest BCUT2D eigenvalue weighted by molar-refractivity contribution is 0.197. The van der Waals surface area contributed by atoms with Gasteiger partial charge in [-0.15, -0.1) is 0 Å². The van der Waals surface area contributed by atoms with Crippen LogP contribution in [0, 0.1) is 0 Å². The van der Waals surface area contributed by atoms with Crippen LogP contribution >= 0.6 is 0 Å². The molecule has 0 fully saturated rings. The second-order valence-electron chi connectivity index (χ2n) is 4.99. The summed E-state index contributed by atoms with van der Waals surface area (Å²) in [5, 5.41) is 0. The minimum Gasteiger partial charge on any atom is -0.385 e. The molecule has 1 aromatic rings. The molecule has 2 rings (SSSR count). The van der Waals surface area contributed by atoms with Gasteiger partial charge in [0.15, 0.2) is 0 Å². The molecule has 1 heterocycles. The molecule has 0 unspecified atom stereocenters. The monoisotopic (exact) mass is 276 g/mol. The van der Waals surface area contributed by atoms with Gasteiger partial charge in [0.25, 0.3) is 0 Å². The average Bonchev–Trinajstić information content (AvgIpc) is 2.69. The summed E-state index contributed by atoms with van der Waals surface area (Å²) in [6.45, 7) is 3.29. The summed E-state index contributed by atoms with van der Waals surface area (Å²) in [5.41, 5.74) is 5.54. The van der Waals surface area contributed by atoms with E-state index in [2.05, 4.69) is 39.6 Å². The summed E-state index contributed by atoms with van der Waals surface area (Å²) < 4.78 is 5.03. The molecule has 1 aromatic carbocycles. The summed E-state index contributed by atoms with van der Waals surface area (Å²) >= 11 is 0. The number of benzene rings is 1. The summed E-state index contributed by atoms with van der Waals surface area (Å²) in [4.78, 5) is 6.77. The standard InChI is InChI=1S/C15H24N4O/c1-20-11-5-9-17-15(18-16)19-10-4-8-13-6-2-3-7-14(13)12-19/h2-3,6-7H,4-5,8-12,16H2,1H3,(H,17,18). The Bertz CT molecular complexity index is 447. The van der Waals surface area contributed by atoms with Crippen molar-refractivity contribution < 1.29 is 4.74 Å². The Hall–Kier alpha value is -1.59. The Labute approximate surface area is 120 Å². The van der Waals surface area contributed by atoms with Gasteiger partial charge in [0.1, 0.15) is 0 Å². The fourth-order valence-electron chi connectivity index (χ4n) is 2.51. The first-order chi connectivity index (χ1) is 9.85. The van der Waals surface area contributed by atoms with Gasteiger partial charge in [-0.05, 0) is 30.4 Å². The first-order valence-corrected chi connectivity index (χ1v) is 7.17. The Morgan fingerprint density at radius 1 is 1.40 bits per heavy atom. The predicted octanol–water partition coefficient (Wildman–Crippen LogP) is 1.29. The lowest BCUT2D eigenvalue weighted by Crippen LogP contribution is -2.44. The highest BCUT2D eigenvalue weighted by Crippen LogP contribution is 2.18. The highest BCUT2D eigenvalue weighted by Gasteiger charge is 2.16. The van der Waals surface area contributed by atoms with E-state index in [4.69, 9.17) is 10.6 Å². The van der Waals surface area contributed by atoms with E-state index >= 15 is 0 Å². The van der Waals surface area contributed by atoms with Gasteiger partial charge < -0.3 is 9.64 Å². The minimum absolute atomic E-state index is 0.726. The molecule has 0 saturated heterocycles. The van der Waals surface area contributed by atoms with Gasteiger partial charge in [0.2, 0.25) is 5.96 Å². The molecule has 0 aromatic heterocycles. The molecule has 0 radical (unpaired) electrons. The average molecular weight is 276 g/mol. The Balaban J connectivity index is 2.03. The van der Waals surface area contributed by atoms with Gasteiger partial charge in [0.05, 0.1) is 0 Å². The molecular weight excluding hydrogens is 252 g/mol. The summed E-state index contributed by atoms with van der Waals surface area (Å²) in [7, 11) is 1.71. The van der Waals surface area contributed by atoms with Crippen molar-refractivity contribution in [2.24, 2.45) is 10.8 Å². The normalized spacial score (nSPS) is 15.7. The number of nitrogens with one attached hydrogen (secondary N) is 1. The van der Waals surface area contributed by atoms with E-state index in [1.165, 1.54) is 11.1 Å². The largest absolute Gasteiger partial charge is 0.385 e. The predicted molar refractivity (Wildman–Crippen MR) is 81.3 cm³/mol. The van der Waals surface area contributed by atoms with Gasteiger partial charge in [-0.2, -0.15) is 0 Å². The van der Waals surface area contributed by atoms with Crippen LogP contribution in [0.1, 0.15) is 24.0 Å². The SMILES string of the molecule is COCCCN=C(NN)N1CCCc2ccccc2C1. The first kappa shape index (κ1) is 14.8. The van der Waals surface area contributed by atoms with Gasteiger partial charge in [-0.25, -0.2) is 5.84 Å². The zero-order chi connectivity index (χ0) is 14.2. The van der Waals surface area contributed by atoms with Gasteiger partial charge >= 0.3 is 0 Å². The zero-order valence-corrected chi connectivity index (χ0v) is 12.1. The number of nitrogens with two attached hydrogens (primary N) is 1. The van der Waals surface area contributed by atoms with Crippen molar-refractivity contribution in [3.8, 4) is 0 Å². The minimum atomic E-state index is 0.726. The van der Waals surface area contributed by atoms with Crippen LogP contribution in [-0.4, -0.2) is 37.7 Å². The number of rotatable bonds is 4. The molecule has 0 bridgehead atoms. The van der Waals surface area contributed by atoms with Crippen molar-refractivity contribution in [3.05, 3.63) is 35.4 Å². The number of nitrogens with zero attached hydrogens (tertiary/aromatic N) is 2. The van der Waals surface area contributed by atoms with Crippen LogP contribution in [0.4, 0.5) is 0 Å². The molecule has 0 spiro atoms. The molecular formula is C15H24N4O. The number of guanidine groups is 1. The van der Waals surface area contributed by atoms with Gasteiger partial charge in [0, 0.05) is 33.4 Å². The number of aliphatic imine (C=N–C) groups is 1. The van der Waals surface area contributed by atoms with Crippen molar-refractivity contribution in [2.75, 3.05) is 26.8 Å². The summed E-state index contributed by atoms with van der Waals surface area (Å²) in [6, 6.07) is 8.60. The van der Waals surface area contributed by atoms with Crippen molar-refractivity contribution in [1.82, 2.24) is 10.3 Å². The third-order valence-electron chi connectivity index (χ3n) is 3.55. The molecule has 3 N–H and O–H groups in total. The third-order valence-corrected chi connectivity index (χ3v) is 3.55. The van der Waals surface area contributed by atoms with Crippen LogP contribution in [0.2, 0.25) is 0 Å². The molecule has 110 valence electrons. The summed E-state index contributed by atoms with van der Waals surface area (Å²) in [5.74, 6) is 6.41. The van der Waals surface area contributed by atoms with E-state index in [1.807, 2.05) is 0 Å². The van der Waals surface area contributed by atoms with Gasteiger partial charge in [-0.1, -0.05) is 24.3 Å². The second-order valence-corrected chi connectivity index (χ2v) is 4.99. The quantitative estimate of drug-likeness (QED) is 0.286. The molecule has 5 nitrogen and oxygen atoms in total. The Kier molecular flexibility index (Phi) is 5.83. The zero-order valence-electron chi connectivity index (χ0n) is 12.1. The lowest BCUT2D eigenvalue weighted by Gasteiger charge is -2.24. The van der Waals surface area contributed by atoms with Crippen LogP contribution in [0.25, 0.3) is 0 Å². The van der Waals surface area contributed by atoms with E-state index in [9.17, 15) is 0 Å². The second kappa shape index (κ2) is 7.87. The molecule has 0 amide bonds. The van der Waals surface area contributed by atoms with Gasteiger partial charge in [-0.3, -0.25) is 10.4 Å². The maximum Gasteiger partial charge on any atom is 0.208 e. The van der Waals surface area contributed by atoms with Crippen LogP contribution in [0.3, 0.4) is 0 Å². The number of hydrogen-bond acceptors (Lipinski definition) is 3. The van der Waals surface area contributed by atoms with E-state index in [-0.39, 0.29) is 0 Å². The third kappa shape index (κ3) is 3.95. The number of hydrazine groups is 1. The topological polar surface area (TPSA) is 62.9 Å². The maximum absolute atomic E-state index is 5.64. The Morgan fingerprint density at radius 2 is 2.20 bits per heavy atom. The molecule has 1 aliphatic rings. The highest BCUT2D eigenvalue weighted by molar-refractivity contribution is 5.79. The van der Waals surface area contributed by atoms with Crippen LogP contribution in [0.5, 0.6) is 0 Å². The smallest absolute Gasteiger partial charge is 0.208 e. The fraction of sp³-hybridized carbons (Fsp3) is 0.533. The maximum atomic E-state index is 5.64. The van der Waals surface area contributed by atoms with Crippen molar-refractivity contribution in [1.29, 1.82) is 0 Å². The summed E-state index contributed by atoms with van der Waals surface area (Å²) in [6.07, 6.45) is 3.15. The van der Waals surface area contributed by atoms with Crippen molar-refractivity contribution >= 4 is 5.96 Å². The van der Waals surface area contributed by atoms with E-state index in [0.29, 0.717) is 0 Å². The van der Waals surface area contributed by atoms with E-state index in [0.717, 1.165) is 51.5 Å². The Morgan fingerprint density at radius 3 is 2.95 bits per heavy atom. The number of methoxy groups -OCH3 is 1. The van der Waals surface area contributed by atoms with E-state index in [1.54, 1.807) is 7.11 Å². The number of hydrogen-bond donors (Lipinski definition) is 2. The fourth-order valence-corrected chi connectivity index (χ4v) is 2.51. The highest BCUT2D eigenvalue weighted by atomic mass is 16.5. The molecule has 1 aliphatic heterocycles. The van der Waals surface area contributed by atoms with Crippen molar-refractivity contribution in [3.63, 3.8) is 0 Å². The molecule has 0 atom stereocenters. The number of fused-ring (bicyclic) bond motifs is 1. The molecule has 20 heavy (non-hydrogen) atoms.